The van der Waals surface area contributed by atoms with Crippen LogP contribution in [0.15, 0.2) is 29.3 Å². The zero-order valence-electron chi connectivity index (χ0n) is 10.0. The van der Waals surface area contributed by atoms with Gasteiger partial charge in [0.1, 0.15) is 0 Å². The van der Waals surface area contributed by atoms with Gasteiger partial charge in [-0.25, -0.2) is 0 Å². The molecule has 0 aliphatic rings. The zero-order valence-corrected chi connectivity index (χ0v) is 11.6. The topological polar surface area (TPSA) is 17.1 Å². The van der Waals surface area contributed by atoms with E-state index in [1.165, 1.54) is 22.8 Å². The summed E-state index contributed by atoms with van der Waals surface area (Å²) < 4.78 is 1.12. The van der Waals surface area contributed by atoms with Gasteiger partial charge in [-0.3, -0.25) is 4.79 Å². The quantitative estimate of drug-likeness (QED) is 0.751. The second-order valence-corrected chi connectivity index (χ2v) is 5.09. The summed E-state index contributed by atoms with van der Waals surface area (Å²) in [5.74, 6) is 0.352. The molecule has 0 bridgehead atoms. The van der Waals surface area contributed by atoms with Crippen LogP contribution in [0.5, 0.6) is 0 Å². The molecular weight excluding hydrogens is 264 g/mol. The van der Waals surface area contributed by atoms with Gasteiger partial charge in [0.15, 0.2) is 5.78 Å². The fourth-order valence-electron chi connectivity index (χ4n) is 1.83. The van der Waals surface area contributed by atoms with Crippen molar-refractivity contribution in [1.82, 2.24) is 0 Å². The number of hydrogen-bond donors (Lipinski definition) is 0. The van der Waals surface area contributed by atoms with Gasteiger partial charge in [0, 0.05) is 10.9 Å². The molecule has 1 unspecified atom stereocenters. The van der Waals surface area contributed by atoms with E-state index in [0.29, 0.717) is 6.42 Å². The highest BCUT2D eigenvalue weighted by atomic mass is 79.9. The number of carbonyl (C=O) groups excluding carboxylic acids is 1. The van der Waals surface area contributed by atoms with Crippen molar-refractivity contribution in [3.8, 4) is 0 Å². The van der Waals surface area contributed by atoms with Crippen LogP contribution >= 0.6 is 15.9 Å². The summed E-state index contributed by atoms with van der Waals surface area (Å²) in [4.78, 5) is 11.3. The molecule has 1 aromatic rings. The molecule has 16 heavy (non-hydrogen) atoms. The van der Waals surface area contributed by atoms with Crippen molar-refractivity contribution in [3.63, 3.8) is 0 Å². The minimum atomic E-state index is 0.104. The maximum Gasteiger partial charge on any atom is 0.155 e. The number of halogens is 1. The third-order valence-electron chi connectivity index (χ3n) is 2.81. The molecule has 0 fully saturated rings. The van der Waals surface area contributed by atoms with Crippen molar-refractivity contribution < 1.29 is 4.79 Å². The van der Waals surface area contributed by atoms with Gasteiger partial charge in [-0.15, -0.1) is 0 Å². The highest BCUT2D eigenvalue weighted by Crippen LogP contribution is 2.28. The normalized spacial score (nSPS) is 12.2. The highest BCUT2D eigenvalue weighted by molar-refractivity contribution is 9.10. The Bertz CT molecular complexity index is 421. The predicted octanol–water partition coefficient (Wildman–Crippen LogP) is 4.31. The number of benzene rings is 1. The number of carbonyl (C=O) groups is 1. The Labute approximate surface area is 106 Å². The molecule has 2 heteroatoms. The summed E-state index contributed by atoms with van der Waals surface area (Å²) in [5, 5.41) is 0. The van der Waals surface area contributed by atoms with Crippen LogP contribution in [-0.2, 0) is 4.79 Å². The van der Waals surface area contributed by atoms with Crippen LogP contribution in [0.25, 0.3) is 0 Å². The van der Waals surface area contributed by atoms with E-state index in [9.17, 15) is 4.79 Å². The average molecular weight is 281 g/mol. The summed E-state index contributed by atoms with van der Waals surface area (Å²) in [6.07, 6.45) is 1.93. The summed E-state index contributed by atoms with van der Waals surface area (Å²) in [6, 6.07) is 4.26. The van der Waals surface area contributed by atoms with E-state index in [0.717, 1.165) is 4.47 Å². The smallest absolute Gasteiger partial charge is 0.155 e. The third kappa shape index (κ3) is 3.05. The molecule has 0 aromatic heterocycles. The Hall–Kier alpha value is -0.890. The molecule has 0 N–H and O–H groups in total. The first-order valence-electron chi connectivity index (χ1n) is 5.37. The summed E-state index contributed by atoms with van der Waals surface area (Å²) in [5.41, 5.74) is 3.68. The van der Waals surface area contributed by atoms with Crippen LogP contribution in [-0.4, -0.2) is 5.78 Å². The molecule has 0 radical (unpaired) electrons. The Kier molecular flexibility index (Phi) is 4.48. The molecule has 0 aliphatic carbocycles. The van der Waals surface area contributed by atoms with Crippen LogP contribution < -0.4 is 0 Å². The highest BCUT2D eigenvalue weighted by Gasteiger charge is 2.12. The average Bonchev–Trinajstić information content (AvgIpc) is 2.23. The third-order valence-corrected chi connectivity index (χ3v) is 3.67. The standard InChI is InChI=1S/C14H17BrO/c1-5-12(16)6-9(2)13-7-11(4)14(15)8-10(13)3/h5,7-9H,1,6H2,2-4H3. The lowest BCUT2D eigenvalue weighted by Gasteiger charge is -2.15. The monoisotopic (exact) mass is 280 g/mol. The van der Waals surface area contributed by atoms with E-state index in [2.05, 4.69) is 55.4 Å². The largest absolute Gasteiger partial charge is 0.295 e. The predicted molar refractivity (Wildman–Crippen MR) is 71.9 cm³/mol. The number of aryl methyl sites for hydroxylation is 2. The molecule has 0 spiro atoms. The summed E-state index contributed by atoms with van der Waals surface area (Å²) >= 11 is 3.51. The van der Waals surface area contributed by atoms with Crippen molar-refractivity contribution >= 4 is 21.7 Å². The molecule has 0 aliphatic heterocycles. The minimum Gasteiger partial charge on any atom is -0.295 e. The Morgan fingerprint density at radius 3 is 2.62 bits per heavy atom. The molecule has 1 nitrogen and oxygen atoms in total. The lowest BCUT2D eigenvalue weighted by molar-refractivity contribution is -0.114. The van der Waals surface area contributed by atoms with Crippen molar-refractivity contribution in [2.24, 2.45) is 0 Å². The van der Waals surface area contributed by atoms with Gasteiger partial charge in [0.25, 0.3) is 0 Å². The Morgan fingerprint density at radius 1 is 1.44 bits per heavy atom. The van der Waals surface area contributed by atoms with Gasteiger partial charge in [-0.1, -0.05) is 35.5 Å². The van der Waals surface area contributed by atoms with Crippen molar-refractivity contribution in [3.05, 3.63) is 46.0 Å². The first-order chi connectivity index (χ1) is 7.45. The van der Waals surface area contributed by atoms with Crippen LogP contribution in [0.3, 0.4) is 0 Å². The van der Waals surface area contributed by atoms with Crippen molar-refractivity contribution in [1.29, 1.82) is 0 Å². The fraction of sp³-hybridized carbons (Fsp3) is 0.357. The van der Waals surface area contributed by atoms with Gasteiger partial charge >= 0.3 is 0 Å². The molecule has 0 saturated heterocycles. The minimum absolute atomic E-state index is 0.104. The SMILES string of the molecule is C=CC(=O)CC(C)c1cc(C)c(Br)cc1C. The molecule has 0 heterocycles. The van der Waals surface area contributed by atoms with E-state index in [-0.39, 0.29) is 11.7 Å². The lowest BCUT2D eigenvalue weighted by atomic mass is 9.91. The second-order valence-electron chi connectivity index (χ2n) is 4.23. The number of allylic oxidation sites excluding steroid dienone is 1. The fourth-order valence-corrected chi connectivity index (χ4v) is 2.29. The molecular formula is C14H17BrO. The van der Waals surface area contributed by atoms with E-state index >= 15 is 0 Å². The number of hydrogen-bond acceptors (Lipinski definition) is 1. The van der Waals surface area contributed by atoms with Crippen LogP contribution in [0, 0.1) is 13.8 Å². The zero-order chi connectivity index (χ0) is 12.3. The molecule has 1 atom stereocenters. The molecule has 0 saturated carbocycles. The lowest BCUT2D eigenvalue weighted by Crippen LogP contribution is -2.03. The van der Waals surface area contributed by atoms with Gasteiger partial charge in [0.05, 0.1) is 0 Å². The summed E-state index contributed by atoms with van der Waals surface area (Å²) in [7, 11) is 0. The maximum absolute atomic E-state index is 11.3. The first kappa shape index (κ1) is 13.2. The molecule has 86 valence electrons. The van der Waals surface area contributed by atoms with Gasteiger partial charge in [-0.2, -0.15) is 0 Å². The molecule has 1 rings (SSSR count). The molecule has 0 amide bonds. The Balaban J connectivity index is 2.99. The van der Waals surface area contributed by atoms with E-state index in [1.54, 1.807) is 0 Å². The number of ketones is 1. The second kappa shape index (κ2) is 5.44. The van der Waals surface area contributed by atoms with Crippen LogP contribution in [0.2, 0.25) is 0 Å². The Morgan fingerprint density at radius 2 is 2.06 bits per heavy atom. The van der Waals surface area contributed by atoms with Crippen LogP contribution in [0.4, 0.5) is 0 Å². The first-order valence-corrected chi connectivity index (χ1v) is 6.17. The van der Waals surface area contributed by atoms with Gasteiger partial charge in [-0.05, 0) is 48.6 Å². The van der Waals surface area contributed by atoms with E-state index in [1.807, 2.05) is 0 Å². The van der Waals surface area contributed by atoms with Gasteiger partial charge < -0.3 is 0 Å². The number of rotatable bonds is 4. The van der Waals surface area contributed by atoms with E-state index in [4.69, 9.17) is 0 Å². The molecule has 1 aromatic carbocycles. The van der Waals surface area contributed by atoms with Crippen molar-refractivity contribution in [2.75, 3.05) is 0 Å². The maximum atomic E-state index is 11.3. The van der Waals surface area contributed by atoms with Gasteiger partial charge in [0.2, 0.25) is 0 Å². The van der Waals surface area contributed by atoms with Crippen molar-refractivity contribution in [2.45, 2.75) is 33.1 Å². The van der Waals surface area contributed by atoms with Crippen LogP contribution in [0.1, 0.15) is 36.0 Å². The summed E-state index contributed by atoms with van der Waals surface area (Å²) in [6.45, 7) is 9.73. The van der Waals surface area contributed by atoms with E-state index < -0.39 is 0 Å².